The van der Waals surface area contributed by atoms with E-state index in [0.717, 1.165) is 54.1 Å². The molecule has 0 saturated heterocycles. The van der Waals surface area contributed by atoms with Gasteiger partial charge in [0.15, 0.2) is 11.6 Å². The molecule has 0 bridgehead atoms. The quantitative estimate of drug-likeness (QED) is 0.202. The molecule has 0 amide bonds. The standard InChI is InChI=1S/C38H22N4S2/c1-3-13-23(14-4-1)33-31-27-19-9-11-21-29(27)43-37(31)41-35(39-33)25-17-7-8-18-26(25)36-40-34(24-15-5-2-6-16-24)32-28-20-10-12-22-30(28)44-38(32)42-36/h1-22H. The Hall–Kier alpha value is -5.30. The van der Waals surface area contributed by atoms with Gasteiger partial charge in [-0.3, -0.25) is 0 Å². The normalized spacial score (nSPS) is 11.6. The molecule has 5 aromatic carbocycles. The van der Waals surface area contributed by atoms with Crippen LogP contribution in [0.2, 0.25) is 0 Å². The van der Waals surface area contributed by atoms with E-state index in [9.17, 15) is 0 Å². The van der Waals surface area contributed by atoms with Crippen molar-refractivity contribution in [3.05, 3.63) is 133 Å². The van der Waals surface area contributed by atoms with Crippen LogP contribution in [0.5, 0.6) is 0 Å². The van der Waals surface area contributed by atoms with Gasteiger partial charge in [0.1, 0.15) is 9.66 Å². The predicted octanol–water partition coefficient (Wildman–Crippen LogP) is 10.7. The summed E-state index contributed by atoms with van der Waals surface area (Å²) in [6.07, 6.45) is 0. The molecule has 4 heterocycles. The number of nitrogens with zero attached hydrogens (tertiary/aromatic N) is 4. The van der Waals surface area contributed by atoms with Crippen molar-refractivity contribution in [3.8, 4) is 45.3 Å². The molecule has 9 rings (SSSR count). The summed E-state index contributed by atoms with van der Waals surface area (Å²) in [5, 5.41) is 4.54. The first-order valence-electron chi connectivity index (χ1n) is 14.4. The maximum atomic E-state index is 5.27. The van der Waals surface area contributed by atoms with Crippen molar-refractivity contribution in [1.29, 1.82) is 0 Å². The highest BCUT2D eigenvalue weighted by Gasteiger charge is 2.21. The highest BCUT2D eigenvalue weighted by Crippen LogP contribution is 2.42. The maximum Gasteiger partial charge on any atom is 0.162 e. The van der Waals surface area contributed by atoms with Gasteiger partial charge in [0.2, 0.25) is 0 Å². The molecular formula is C38H22N4S2. The smallest absolute Gasteiger partial charge is 0.162 e. The molecule has 6 heteroatoms. The number of aromatic nitrogens is 4. The van der Waals surface area contributed by atoms with Crippen LogP contribution in [0.15, 0.2) is 133 Å². The molecular weight excluding hydrogens is 577 g/mol. The van der Waals surface area contributed by atoms with Gasteiger partial charge in [0.05, 0.1) is 11.4 Å². The number of thiophene rings is 2. The molecule has 44 heavy (non-hydrogen) atoms. The minimum Gasteiger partial charge on any atom is -0.227 e. The molecule has 4 aromatic heterocycles. The lowest BCUT2D eigenvalue weighted by atomic mass is 10.0. The van der Waals surface area contributed by atoms with Crippen molar-refractivity contribution in [3.63, 3.8) is 0 Å². The summed E-state index contributed by atoms with van der Waals surface area (Å²) in [4.78, 5) is 22.9. The Morgan fingerprint density at radius 1 is 0.364 bits per heavy atom. The van der Waals surface area contributed by atoms with Gasteiger partial charge >= 0.3 is 0 Å². The van der Waals surface area contributed by atoms with E-state index in [-0.39, 0.29) is 0 Å². The second kappa shape index (κ2) is 10.2. The van der Waals surface area contributed by atoms with Gasteiger partial charge in [-0.2, -0.15) is 0 Å². The van der Waals surface area contributed by atoms with Crippen molar-refractivity contribution in [2.75, 3.05) is 0 Å². The first-order chi connectivity index (χ1) is 21.8. The highest BCUT2D eigenvalue weighted by molar-refractivity contribution is 7.26. The van der Waals surface area contributed by atoms with E-state index in [0.29, 0.717) is 11.6 Å². The predicted molar refractivity (Wildman–Crippen MR) is 185 cm³/mol. The van der Waals surface area contributed by atoms with Gasteiger partial charge in [0.25, 0.3) is 0 Å². The number of benzene rings is 5. The van der Waals surface area contributed by atoms with E-state index in [4.69, 9.17) is 19.9 Å². The summed E-state index contributed by atoms with van der Waals surface area (Å²) < 4.78 is 2.40. The molecule has 0 radical (unpaired) electrons. The molecule has 9 aromatic rings. The second-order valence-electron chi connectivity index (χ2n) is 10.6. The molecule has 0 N–H and O–H groups in total. The number of hydrogen-bond donors (Lipinski definition) is 0. The van der Waals surface area contributed by atoms with Crippen LogP contribution in [-0.4, -0.2) is 19.9 Å². The Kier molecular flexibility index (Phi) is 5.82. The van der Waals surface area contributed by atoms with Crippen LogP contribution >= 0.6 is 22.7 Å². The summed E-state index contributed by atoms with van der Waals surface area (Å²) in [6, 6.07) is 46.0. The van der Waals surface area contributed by atoms with Gasteiger partial charge in [-0.15, -0.1) is 22.7 Å². The third-order valence-electron chi connectivity index (χ3n) is 7.98. The third-order valence-corrected chi connectivity index (χ3v) is 10.1. The van der Waals surface area contributed by atoms with Gasteiger partial charge in [-0.1, -0.05) is 121 Å². The molecule has 0 saturated carbocycles. The fourth-order valence-electron chi connectivity index (χ4n) is 5.97. The van der Waals surface area contributed by atoms with E-state index in [1.54, 1.807) is 22.7 Å². The lowest BCUT2D eigenvalue weighted by Gasteiger charge is -2.12. The first kappa shape index (κ1) is 25.2. The lowest BCUT2D eigenvalue weighted by Crippen LogP contribution is -1.98. The molecule has 0 aliphatic rings. The van der Waals surface area contributed by atoms with Crippen LogP contribution in [0.1, 0.15) is 0 Å². The Bertz CT molecular complexity index is 2320. The second-order valence-corrected chi connectivity index (χ2v) is 12.7. The maximum absolute atomic E-state index is 5.27. The number of hydrogen-bond acceptors (Lipinski definition) is 6. The number of fused-ring (bicyclic) bond motifs is 6. The zero-order chi connectivity index (χ0) is 29.0. The van der Waals surface area contributed by atoms with Crippen molar-refractivity contribution < 1.29 is 0 Å². The average molecular weight is 599 g/mol. The van der Waals surface area contributed by atoms with Crippen LogP contribution in [0, 0.1) is 0 Å². The topological polar surface area (TPSA) is 51.6 Å². The summed E-state index contributed by atoms with van der Waals surface area (Å²) in [7, 11) is 0. The zero-order valence-electron chi connectivity index (χ0n) is 23.3. The molecule has 0 aliphatic carbocycles. The Morgan fingerprint density at radius 3 is 1.20 bits per heavy atom. The minimum atomic E-state index is 0.666. The van der Waals surface area contributed by atoms with E-state index >= 15 is 0 Å². The van der Waals surface area contributed by atoms with E-state index in [2.05, 4.69) is 109 Å². The van der Waals surface area contributed by atoms with E-state index in [1.165, 1.54) is 20.2 Å². The summed E-state index contributed by atoms with van der Waals surface area (Å²) in [6.45, 7) is 0. The van der Waals surface area contributed by atoms with E-state index < -0.39 is 0 Å². The van der Waals surface area contributed by atoms with Gasteiger partial charge < -0.3 is 0 Å². The number of rotatable bonds is 4. The minimum absolute atomic E-state index is 0.666. The van der Waals surface area contributed by atoms with Crippen molar-refractivity contribution >= 4 is 63.3 Å². The van der Waals surface area contributed by atoms with Crippen LogP contribution < -0.4 is 0 Å². The third kappa shape index (κ3) is 4.03. The van der Waals surface area contributed by atoms with Gasteiger partial charge in [-0.05, 0) is 12.1 Å². The summed E-state index contributed by atoms with van der Waals surface area (Å²) >= 11 is 3.41. The van der Waals surface area contributed by atoms with Gasteiger partial charge in [-0.25, -0.2) is 19.9 Å². The van der Waals surface area contributed by atoms with Crippen molar-refractivity contribution in [2.45, 2.75) is 0 Å². The molecule has 0 atom stereocenters. The monoisotopic (exact) mass is 598 g/mol. The molecule has 4 nitrogen and oxygen atoms in total. The fourth-order valence-corrected chi connectivity index (χ4v) is 8.12. The van der Waals surface area contributed by atoms with Crippen LogP contribution in [-0.2, 0) is 0 Å². The average Bonchev–Trinajstić information content (AvgIpc) is 3.66. The first-order valence-corrected chi connectivity index (χ1v) is 16.0. The SMILES string of the molecule is c1ccc(-c2nc(-c3ccccc3-c3nc(-c4ccccc4)c4c(n3)sc3ccccc34)nc3sc4ccccc4c23)cc1. The van der Waals surface area contributed by atoms with Gasteiger partial charge in [0, 0.05) is 53.2 Å². The highest BCUT2D eigenvalue weighted by atomic mass is 32.1. The summed E-state index contributed by atoms with van der Waals surface area (Å²) in [5.74, 6) is 1.33. The van der Waals surface area contributed by atoms with Crippen LogP contribution in [0.3, 0.4) is 0 Å². The molecule has 0 aliphatic heterocycles. The molecule has 0 spiro atoms. The lowest BCUT2D eigenvalue weighted by molar-refractivity contribution is 1.21. The Labute approximate surface area is 261 Å². The van der Waals surface area contributed by atoms with Crippen molar-refractivity contribution in [1.82, 2.24) is 19.9 Å². The molecule has 206 valence electrons. The largest absolute Gasteiger partial charge is 0.227 e. The molecule has 0 unspecified atom stereocenters. The van der Waals surface area contributed by atoms with Crippen LogP contribution in [0.4, 0.5) is 0 Å². The van der Waals surface area contributed by atoms with E-state index in [1.807, 2.05) is 24.3 Å². The fraction of sp³-hybridized carbons (Fsp3) is 0. The Balaban J connectivity index is 1.32. The molecule has 0 fully saturated rings. The Morgan fingerprint density at radius 2 is 0.750 bits per heavy atom. The zero-order valence-corrected chi connectivity index (χ0v) is 24.9. The summed E-state index contributed by atoms with van der Waals surface area (Å²) in [5.41, 5.74) is 5.81. The van der Waals surface area contributed by atoms with Crippen LogP contribution in [0.25, 0.3) is 85.9 Å². The van der Waals surface area contributed by atoms with Crippen molar-refractivity contribution in [2.24, 2.45) is 0 Å².